The van der Waals surface area contributed by atoms with Gasteiger partial charge in [-0.15, -0.1) is 0 Å². The number of benzene rings is 1. The van der Waals surface area contributed by atoms with E-state index < -0.39 is 39.9 Å². The van der Waals surface area contributed by atoms with E-state index in [-0.39, 0.29) is 5.56 Å². The highest BCUT2D eigenvalue weighted by Crippen LogP contribution is 2.38. The first kappa shape index (κ1) is 16.7. The molecule has 9 heteroatoms. The van der Waals surface area contributed by atoms with Gasteiger partial charge in [0.05, 0.1) is 0 Å². The molecule has 24 heavy (non-hydrogen) atoms. The molecule has 2 N–H and O–H groups in total. The van der Waals surface area contributed by atoms with Gasteiger partial charge in [0.25, 0.3) is 5.91 Å². The van der Waals surface area contributed by atoms with Crippen LogP contribution in [0.4, 0.5) is 10.1 Å². The number of amides is 1. The fourth-order valence-corrected chi connectivity index (χ4v) is 4.01. The van der Waals surface area contributed by atoms with Gasteiger partial charge in [-0.05, 0) is 31.6 Å². The van der Waals surface area contributed by atoms with Gasteiger partial charge in [-0.1, -0.05) is 6.08 Å². The Balaban J connectivity index is 2.03. The molecule has 0 unspecified atom stereocenters. The van der Waals surface area contributed by atoms with Gasteiger partial charge in [0.15, 0.2) is 5.82 Å². The van der Waals surface area contributed by atoms with Gasteiger partial charge >= 0.3 is 10.2 Å². The van der Waals surface area contributed by atoms with Crippen LogP contribution >= 0.6 is 0 Å². The number of carbonyl (C=O) groups is 1. The third-order valence-corrected chi connectivity index (χ3v) is 5.56. The van der Waals surface area contributed by atoms with E-state index in [0.29, 0.717) is 23.4 Å². The summed E-state index contributed by atoms with van der Waals surface area (Å²) in [5.41, 5.74) is 0.438. The highest BCUT2D eigenvalue weighted by molar-refractivity contribution is 7.92. The standard InChI is InChI=1S/C15H18FN3O4S/c1-9(2)18-6-5-10(7-18)11-3-4-12(20)15(14(11)16)19-8-13(21)17-24(19,22)23/h3-5,9,20H,6-8H2,1-2H3,(H,17,21). The number of nitrogens with zero attached hydrogens (tertiary/aromatic N) is 2. The summed E-state index contributed by atoms with van der Waals surface area (Å²) < 4.78 is 41.2. The highest BCUT2D eigenvalue weighted by Gasteiger charge is 2.38. The Kier molecular flexibility index (Phi) is 4.00. The zero-order valence-corrected chi connectivity index (χ0v) is 14.1. The Morgan fingerprint density at radius 1 is 1.29 bits per heavy atom. The smallest absolute Gasteiger partial charge is 0.326 e. The molecule has 0 aliphatic carbocycles. The van der Waals surface area contributed by atoms with Crippen molar-refractivity contribution in [1.82, 2.24) is 9.62 Å². The third kappa shape index (κ3) is 2.73. The Labute approximate surface area is 139 Å². The SMILES string of the molecule is CC(C)N1CC=C(c2ccc(O)c(N3CC(=O)NS3(=O)=O)c2F)C1. The zero-order valence-electron chi connectivity index (χ0n) is 13.3. The number of halogens is 1. The topological polar surface area (TPSA) is 89.9 Å². The molecule has 0 saturated carbocycles. The van der Waals surface area contributed by atoms with Crippen molar-refractivity contribution in [2.75, 3.05) is 23.9 Å². The Hall–Kier alpha value is -2.13. The Bertz CT molecular complexity index is 835. The molecule has 0 spiro atoms. The molecule has 2 aliphatic heterocycles. The predicted molar refractivity (Wildman–Crippen MR) is 87.2 cm³/mol. The lowest BCUT2D eigenvalue weighted by atomic mass is 10.0. The lowest BCUT2D eigenvalue weighted by Gasteiger charge is -2.21. The van der Waals surface area contributed by atoms with Gasteiger partial charge in [0.2, 0.25) is 0 Å². The zero-order chi connectivity index (χ0) is 17.6. The van der Waals surface area contributed by atoms with Crippen LogP contribution in [0.2, 0.25) is 0 Å². The summed E-state index contributed by atoms with van der Waals surface area (Å²) in [6, 6.07) is 2.95. The maximum Gasteiger partial charge on any atom is 0.326 e. The van der Waals surface area contributed by atoms with Gasteiger partial charge < -0.3 is 5.11 Å². The summed E-state index contributed by atoms with van der Waals surface area (Å²) in [4.78, 5) is 13.5. The predicted octanol–water partition coefficient (Wildman–Crippen LogP) is 0.820. The van der Waals surface area contributed by atoms with E-state index in [4.69, 9.17) is 0 Å². The van der Waals surface area contributed by atoms with Gasteiger partial charge in [-0.2, -0.15) is 8.42 Å². The van der Waals surface area contributed by atoms with Gasteiger partial charge in [0, 0.05) is 24.7 Å². The maximum atomic E-state index is 15.0. The largest absolute Gasteiger partial charge is 0.506 e. The van der Waals surface area contributed by atoms with E-state index in [1.165, 1.54) is 12.1 Å². The number of rotatable bonds is 3. The van der Waals surface area contributed by atoms with Crippen LogP contribution in [0.15, 0.2) is 18.2 Å². The molecule has 1 saturated heterocycles. The molecule has 3 rings (SSSR count). The second-order valence-electron chi connectivity index (χ2n) is 6.08. The molecule has 0 atom stereocenters. The molecule has 7 nitrogen and oxygen atoms in total. The first-order chi connectivity index (χ1) is 11.2. The van der Waals surface area contributed by atoms with Crippen LogP contribution in [0, 0.1) is 5.82 Å². The number of carbonyl (C=O) groups excluding carboxylic acids is 1. The van der Waals surface area contributed by atoms with Crippen molar-refractivity contribution in [2.45, 2.75) is 19.9 Å². The number of hydrogen-bond donors (Lipinski definition) is 2. The summed E-state index contributed by atoms with van der Waals surface area (Å²) in [6.07, 6.45) is 1.88. The minimum Gasteiger partial charge on any atom is -0.506 e. The van der Waals surface area contributed by atoms with Crippen molar-refractivity contribution in [3.63, 3.8) is 0 Å². The van der Waals surface area contributed by atoms with Crippen LogP contribution in [0.3, 0.4) is 0 Å². The summed E-state index contributed by atoms with van der Waals surface area (Å²) in [5, 5.41) is 9.96. The molecule has 2 heterocycles. The first-order valence-electron chi connectivity index (χ1n) is 7.49. The van der Waals surface area contributed by atoms with Crippen LogP contribution in [0.5, 0.6) is 5.75 Å². The van der Waals surface area contributed by atoms with E-state index in [2.05, 4.69) is 4.90 Å². The highest BCUT2D eigenvalue weighted by atomic mass is 32.2. The third-order valence-electron chi connectivity index (χ3n) is 4.19. The van der Waals surface area contributed by atoms with Crippen LogP contribution < -0.4 is 9.03 Å². The summed E-state index contributed by atoms with van der Waals surface area (Å²) >= 11 is 0. The van der Waals surface area contributed by atoms with E-state index in [0.717, 1.165) is 5.57 Å². The van der Waals surface area contributed by atoms with Crippen molar-refractivity contribution in [1.29, 1.82) is 0 Å². The molecular weight excluding hydrogens is 337 g/mol. The molecule has 1 fully saturated rings. The summed E-state index contributed by atoms with van der Waals surface area (Å²) in [7, 11) is -4.19. The van der Waals surface area contributed by atoms with Crippen molar-refractivity contribution in [2.24, 2.45) is 0 Å². The fourth-order valence-electron chi connectivity index (χ4n) is 2.85. The molecule has 1 amide bonds. The van der Waals surface area contributed by atoms with E-state index in [1.807, 2.05) is 19.9 Å². The van der Waals surface area contributed by atoms with Crippen molar-refractivity contribution < 1.29 is 22.7 Å². The minimum absolute atomic E-state index is 0.223. The van der Waals surface area contributed by atoms with Crippen LogP contribution in [0.1, 0.15) is 19.4 Å². The van der Waals surface area contributed by atoms with Crippen LogP contribution in [-0.4, -0.2) is 50.0 Å². The van der Waals surface area contributed by atoms with Crippen molar-refractivity contribution >= 4 is 27.4 Å². The second-order valence-corrected chi connectivity index (χ2v) is 7.68. The molecule has 1 aromatic rings. The van der Waals surface area contributed by atoms with Gasteiger partial charge in [-0.3, -0.25) is 9.69 Å². The summed E-state index contributed by atoms with van der Waals surface area (Å²) in [5.74, 6) is -2.16. The summed E-state index contributed by atoms with van der Waals surface area (Å²) in [6.45, 7) is 4.70. The lowest BCUT2D eigenvalue weighted by Crippen LogP contribution is -2.30. The Morgan fingerprint density at radius 2 is 2.00 bits per heavy atom. The molecule has 130 valence electrons. The molecule has 1 aromatic carbocycles. The van der Waals surface area contributed by atoms with Crippen LogP contribution in [0.25, 0.3) is 5.57 Å². The lowest BCUT2D eigenvalue weighted by molar-refractivity contribution is -0.117. The maximum absolute atomic E-state index is 15.0. The minimum atomic E-state index is -4.19. The van der Waals surface area contributed by atoms with Gasteiger partial charge in [0.1, 0.15) is 18.0 Å². The van der Waals surface area contributed by atoms with E-state index in [9.17, 15) is 22.7 Å². The first-order valence-corrected chi connectivity index (χ1v) is 8.93. The average Bonchev–Trinajstić information content (AvgIpc) is 3.04. The second kappa shape index (κ2) is 5.75. The Morgan fingerprint density at radius 3 is 2.54 bits per heavy atom. The molecule has 0 aromatic heterocycles. The fraction of sp³-hybridized carbons (Fsp3) is 0.400. The van der Waals surface area contributed by atoms with Crippen molar-refractivity contribution in [3.05, 3.63) is 29.6 Å². The number of aromatic hydroxyl groups is 1. The molecule has 0 bridgehead atoms. The van der Waals surface area contributed by atoms with Crippen LogP contribution in [-0.2, 0) is 15.0 Å². The monoisotopic (exact) mass is 355 g/mol. The molecular formula is C15H18FN3O4S. The molecule has 2 aliphatic rings. The van der Waals surface area contributed by atoms with Crippen molar-refractivity contribution in [3.8, 4) is 5.75 Å². The number of hydrogen-bond acceptors (Lipinski definition) is 5. The van der Waals surface area contributed by atoms with Gasteiger partial charge in [-0.25, -0.2) is 13.4 Å². The number of anilines is 1. The van der Waals surface area contributed by atoms with E-state index in [1.54, 1.807) is 4.72 Å². The number of phenolic OH excluding ortho intramolecular Hbond substituents is 1. The number of nitrogens with one attached hydrogen (secondary N) is 1. The normalized spacial score (nSPS) is 20.6. The molecule has 0 radical (unpaired) electrons. The van der Waals surface area contributed by atoms with E-state index >= 15 is 0 Å². The average molecular weight is 355 g/mol. The quantitative estimate of drug-likeness (QED) is 0.838. The number of phenols is 1.